The summed E-state index contributed by atoms with van der Waals surface area (Å²) in [5.41, 5.74) is 10.4. The normalized spacial score (nSPS) is 14.0. The van der Waals surface area contributed by atoms with Crippen LogP contribution in [0.5, 0.6) is 0 Å². The van der Waals surface area contributed by atoms with Gasteiger partial charge in [-0.05, 0) is 42.4 Å². The van der Waals surface area contributed by atoms with Crippen LogP contribution in [0, 0.1) is 19.3 Å². The molecule has 1 aromatic carbocycles. The van der Waals surface area contributed by atoms with E-state index in [0.29, 0.717) is 0 Å². The van der Waals surface area contributed by atoms with Crippen LogP contribution in [0.3, 0.4) is 0 Å². The molecule has 0 bridgehead atoms. The lowest BCUT2D eigenvalue weighted by Gasteiger charge is -2.31. The topological polar surface area (TPSA) is 26.0 Å². The number of hydrogen-bond donors (Lipinski definition) is 1. The first-order chi connectivity index (χ1) is 6.88. The molecule has 0 saturated carbocycles. The summed E-state index contributed by atoms with van der Waals surface area (Å²) in [6, 6.07) is 6.67. The van der Waals surface area contributed by atoms with Gasteiger partial charge in [0.25, 0.3) is 0 Å². The molecule has 84 valence electrons. The molecular formula is C14H23N. The van der Waals surface area contributed by atoms with Crippen molar-refractivity contribution >= 4 is 0 Å². The molecule has 0 aliphatic heterocycles. The van der Waals surface area contributed by atoms with Gasteiger partial charge in [0.05, 0.1) is 0 Å². The van der Waals surface area contributed by atoms with Crippen LogP contribution in [-0.2, 0) is 0 Å². The van der Waals surface area contributed by atoms with Crippen LogP contribution in [0.2, 0.25) is 0 Å². The summed E-state index contributed by atoms with van der Waals surface area (Å²) in [6.07, 6.45) is 1.10. The molecule has 0 heterocycles. The van der Waals surface area contributed by atoms with Crippen LogP contribution < -0.4 is 5.73 Å². The summed E-state index contributed by atoms with van der Waals surface area (Å²) in [5.74, 6) is 0. The van der Waals surface area contributed by atoms with E-state index in [1.54, 1.807) is 0 Å². The fourth-order valence-corrected chi connectivity index (χ4v) is 1.63. The summed E-state index contributed by atoms with van der Waals surface area (Å²) in [7, 11) is 0. The molecule has 15 heavy (non-hydrogen) atoms. The van der Waals surface area contributed by atoms with Crippen molar-refractivity contribution in [1.29, 1.82) is 0 Å². The van der Waals surface area contributed by atoms with Crippen molar-refractivity contribution in [2.45, 2.75) is 47.1 Å². The molecule has 0 aliphatic rings. The maximum atomic E-state index is 6.30. The van der Waals surface area contributed by atoms with Crippen LogP contribution in [-0.4, -0.2) is 0 Å². The second-order valence-corrected chi connectivity index (χ2v) is 5.16. The van der Waals surface area contributed by atoms with Crippen LogP contribution in [0.4, 0.5) is 0 Å². The molecule has 0 aliphatic carbocycles. The van der Waals surface area contributed by atoms with Gasteiger partial charge in [-0.2, -0.15) is 0 Å². The van der Waals surface area contributed by atoms with E-state index < -0.39 is 0 Å². The predicted molar refractivity (Wildman–Crippen MR) is 66.9 cm³/mol. The number of benzene rings is 1. The summed E-state index contributed by atoms with van der Waals surface area (Å²) in [4.78, 5) is 0. The van der Waals surface area contributed by atoms with Crippen LogP contribution >= 0.6 is 0 Å². The van der Waals surface area contributed by atoms with Gasteiger partial charge in [-0.15, -0.1) is 0 Å². The Balaban J connectivity index is 3.02. The Labute approximate surface area is 93.7 Å². The van der Waals surface area contributed by atoms with Gasteiger partial charge >= 0.3 is 0 Å². The van der Waals surface area contributed by atoms with Crippen LogP contribution in [0.15, 0.2) is 18.2 Å². The zero-order chi connectivity index (χ0) is 11.6. The van der Waals surface area contributed by atoms with E-state index in [0.717, 1.165) is 6.42 Å². The Morgan fingerprint density at radius 1 is 1.20 bits per heavy atom. The summed E-state index contributed by atoms with van der Waals surface area (Å²) >= 11 is 0. The highest BCUT2D eigenvalue weighted by molar-refractivity contribution is 5.32. The molecule has 0 radical (unpaired) electrons. The van der Waals surface area contributed by atoms with Gasteiger partial charge in [-0.1, -0.05) is 39.0 Å². The second-order valence-electron chi connectivity index (χ2n) is 5.16. The largest absolute Gasteiger partial charge is 0.324 e. The summed E-state index contributed by atoms with van der Waals surface area (Å²) < 4.78 is 0. The minimum atomic E-state index is 0.127. The van der Waals surface area contributed by atoms with Gasteiger partial charge in [0.2, 0.25) is 0 Å². The van der Waals surface area contributed by atoms with Crippen molar-refractivity contribution in [2.75, 3.05) is 0 Å². The Bertz CT molecular complexity index is 339. The quantitative estimate of drug-likeness (QED) is 0.799. The van der Waals surface area contributed by atoms with E-state index in [1.165, 1.54) is 16.7 Å². The third kappa shape index (κ3) is 2.60. The summed E-state index contributed by atoms with van der Waals surface area (Å²) in [5, 5.41) is 0. The van der Waals surface area contributed by atoms with Gasteiger partial charge < -0.3 is 5.73 Å². The van der Waals surface area contributed by atoms with E-state index in [-0.39, 0.29) is 11.5 Å². The van der Waals surface area contributed by atoms with Gasteiger partial charge in [-0.3, -0.25) is 0 Å². The third-order valence-corrected chi connectivity index (χ3v) is 3.64. The molecule has 1 heteroatoms. The lowest BCUT2D eigenvalue weighted by Crippen LogP contribution is -2.28. The highest BCUT2D eigenvalue weighted by Gasteiger charge is 2.25. The van der Waals surface area contributed by atoms with Gasteiger partial charge in [-0.25, -0.2) is 0 Å². The molecular weight excluding hydrogens is 182 g/mol. The molecule has 0 amide bonds. The molecule has 1 nitrogen and oxygen atoms in total. The lowest BCUT2D eigenvalue weighted by atomic mass is 9.78. The van der Waals surface area contributed by atoms with Crippen LogP contribution in [0.1, 0.15) is 49.9 Å². The second kappa shape index (κ2) is 4.36. The van der Waals surface area contributed by atoms with Crippen molar-refractivity contribution in [2.24, 2.45) is 11.1 Å². The van der Waals surface area contributed by atoms with Crippen molar-refractivity contribution in [3.8, 4) is 0 Å². The maximum absolute atomic E-state index is 6.30. The molecule has 1 atom stereocenters. The van der Waals surface area contributed by atoms with Gasteiger partial charge in [0, 0.05) is 6.04 Å². The third-order valence-electron chi connectivity index (χ3n) is 3.64. The zero-order valence-electron chi connectivity index (χ0n) is 10.6. The lowest BCUT2D eigenvalue weighted by molar-refractivity contribution is 0.278. The van der Waals surface area contributed by atoms with Gasteiger partial charge in [0.15, 0.2) is 0 Å². The van der Waals surface area contributed by atoms with Crippen molar-refractivity contribution in [3.05, 3.63) is 34.9 Å². The molecule has 0 aromatic heterocycles. The smallest absolute Gasteiger partial charge is 0.0346 e. The molecule has 1 aromatic rings. The number of aryl methyl sites for hydroxylation is 2. The van der Waals surface area contributed by atoms with Crippen molar-refractivity contribution < 1.29 is 0 Å². The maximum Gasteiger partial charge on any atom is 0.0346 e. The first-order valence-corrected chi connectivity index (χ1v) is 5.71. The first-order valence-electron chi connectivity index (χ1n) is 5.71. The Kier molecular flexibility index (Phi) is 3.56. The minimum absolute atomic E-state index is 0.127. The van der Waals surface area contributed by atoms with E-state index >= 15 is 0 Å². The number of nitrogens with two attached hydrogens (primary N) is 1. The number of rotatable bonds is 3. The van der Waals surface area contributed by atoms with E-state index in [9.17, 15) is 0 Å². The molecule has 2 N–H and O–H groups in total. The average molecular weight is 205 g/mol. The average Bonchev–Trinajstić information content (AvgIpc) is 2.21. The van der Waals surface area contributed by atoms with E-state index in [4.69, 9.17) is 5.73 Å². The van der Waals surface area contributed by atoms with Crippen LogP contribution in [0.25, 0.3) is 0 Å². The van der Waals surface area contributed by atoms with Gasteiger partial charge in [0.1, 0.15) is 0 Å². The fraction of sp³-hybridized carbons (Fsp3) is 0.571. The van der Waals surface area contributed by atoms with E-state index in [1.807, 2.05) is 0 Å². The molecule has 0 fully saturated rings. The SMILES string of the molecule is CCC(C)(C)C(N)c1ccc(C)c(C)c1. The standard InChI is InChI=1S/C14H23N/c1-6-14(4,5)13(15)12-8-7-10(2)11(3)9-12/h7-9,13H,6,15H2,1-5H3. The molecule has 1 rings (SSSR count). The molecule has 0 spiro atoms. The Morgan fingerprint density at radius 3 is 2.27 bits per heavy atom. The highest BCUT2D eigenvalue weighted by atomic mass is 14.7. The fourth-order valence-electron chi connectivity index (χ4n) is 1.63. The minimum Gasteiger partial charge on any atom is -0.324 e. The van der Waals surface area contributed by atoms with E-state index in [2.05, 4.69) is 52.8 Å². The number of hydrogen-bond acceptors (Lipinski definition) is 1. The van der Waals surface area contributed by atoms with Crippen molar-refractivity contribution in [1.82, 2.24) is 0 Å². The Hall–Kier alpha value is -0.820. The molecule has 1 unspecified atom stereocenters. The monoisotopic (exact) mass is 205 g/mol. The van der Waals surface area contributed by atoms with Crippen molar-refractivity contribution in [3.63, 3.8) is 0 Å². The highest BCUT2D eigenvalue weighted by Crippen LogP contribution is 2.34. The Morgan fingerprint density at radius 2 is 1.80 bits per heavy atom. The zero-order valence-corrected chi connectivity index (χ0v) is 10.6. The predicted octanol–water partition coefficient (Wildman–Crippen LogP) is 3.74. The molecule has 0 saturated heterocycles. The first kappa shape index (κ1) is 12.3. The summed E-state index contributed by atoms with van der Waals surface area (Å²) in [6.45, 7) is 10.9.